The Bertz CT molecular complexity index is 1160. The molecule has 4 nitrogen and oxygen atoms in total. The smallest absolute Gasteiger partial charge is 0.246 e. The number of hydrogen-bond donors (Lipinski definition) is 0. The number of likely N-dealkylation sites (N-methyl/N-ethyl adjacent to an activating group) is 1. The van der Waals surface area contributed by atoms with E-state index in [-0.39, 0.29) is 22.7 Å². The highest BCUT2D eigenvalue weighted by Gasteiger charge is 2.16. The van der Waals surface area contributed by atoms with Crippen LogP contribution in [0.1, 0.15) is 23.4 Å². The Labute approximate surface area is 180 Å². The van der Waals surface area contributed by atoms with Crippen LogP contribution in [0.2, 0.25) is 0 Å². The summed E-state index contributed by atoms with van der Waals surface area (Å²) in [6.45, 7) is 1.89. The number of benzene rings is 2. The van der Waals surface area contributed by atoms with E-state index in [4.69, 9.17) is 0 Å². The number of carbonyl (C=O) groups is 1. The van der Waals surface area contributed by atoms with Crippen LogP contribution >= 0.6 is 11.3 Å². The Morgan fingerprint density at radius 1 is 1.03 bits per heavy atom. The Hall–Kier alpha value is -2.77. The molecule has 1 unspecified atom stereocenters. The minimum atomic E-state index is -3.25. The summed E-state index contributed by atoms with van der Waals surface area (Å²) in [5.41, 5.74) is 1.78. The van der Waals surface area contributed by atoms with Crippen LogP contribution < -0.4 is 0 Å². The minimum Gasteiger partial charge on any atom is -0.335 e. The van der Waals surface area contributed by atoms with Gasteiger partial charge >= 0.3 is 0 Å². The predicted octanol–water partition coefficient (Wildman–Crippen LogP) is 5.19. The third-order valence-electron chi connectivity index (χ3n) is 4.86. The Balaban J connectivity index is 1.67. The number of carbonyl (C=O) groups excluding carboxylic acids is 1. The van der Waals surface area contributed by atoms with Crippen molar-refractivity contribution in [3.63, 3.8) is 0 Å². The van der Waals surface area contributed by atoms with E-state index in [1.165, 1.54) is 29.5 Å². The van der Waals surface area contributed by atoms with Gasteiger partial charge in [-0.25, -0.2) is 12.8 Å². The van der Waals surface area contributed by atoms with Crippen LogP contribution in [0.4, 0.5) is 4.39 Å². The van der Waals surface area contributed by atoms with Gasteiger partial charge in [-0.3, -0.25) is 4.79 Å². The summed E-state index contributed by atoms with van der Waals surface area (Å²) in [4.78, 5) is 16.3. The molecule has 0 spiro atoms. The molecule has 3 aromatic rings. The number of hydrogen-bond acceptors (Lipinski definition) is 4. The lowest BCUT2D eigenvalue weighted by Gasteiger charge is -2.24. The van der Waals surface area contributed by atoms with Gasteiger partial charge in [0.05, 0.1) is 10.9 Å². The Morgan fingerprint density at radius 2 is 1.67 bits per heavy atom. The normalized spacial score (nSPS) is 12.8. The number of rotatable bonds is 6. The molecule has 0 saturated carbocycles. The molecule has 0 aliphatic carbocycles. The molecule has 0 radical (unpaired) electrons. The number of sulfone groups is 1. The summed E-state index contributed by atoms with van der Waals surface area (Å²) in [7, 11) is -1.54. The lowest BCUT2D eigenvalue weighted by atomic mass is 10.1. The molecule has 156 valence electrons. The van der Waals surface area contributed by atoms with Crippen molar-refractivity contribution in [2.45, 2.75) is 17.9 Å². The van der Waals surface area contributed by atoms with Gasteiger partial charge in [-0.05, 0) is 60.5 Å². The van der Waals surface area contributed by atoms with Crippen molar-refractivity contribution < 1.29 is 17.6 Å². The molecule has 2 aromatic carbocycles. The summed E-state index contributed by atoms with van der Waals surface area (Å²) in [5.74, 6) is -0.435. The molecule has 1 atom stereocenters. The van der Waals surface area contributed by atoms with Gasteiger partial charge in [0.1, 0.15) is 5.82 Å². The van der Waals surface area contributed by atoms with E-state index in [0.717, 1.165) is 27.1 Å². The van der Waals surface area contributed by atoms with Crippen LogP contribution in [0, 0.1) is 5.82 Å². The van der Waals surface area contributed by atoms with Crippen molar-refractivity contribution in [3.8, 4) is 10.4 Å². The topological polar surface area (TPSA) is 54.5 Å². The van der Waals surface area contributed by atoms with Crippen molar-refractivity contribution in [2.75, 3.05) is 13.3 Å². The van der Waals surface area contributed by atoms with E-state index in [2.05, 4.69) is 0 Å². The predicted molar refractivity (Wildman–Crippen MR) is 119 cm³/mol. The van der Waals surface area contributed by atoms with Gasteiger partial charge in [0.15, 0.2) is 9.84 Å². The third-order valence-corrected chi connectivity index (χ3v) is 7.09. The van der Waals surface area contributed by atoms with Crippen LogP contribution in [0.25, 0.3) is 16.5 Å². The van der Waals surface area contributed by atoms with E-state index >= 15 is 0 Å². The summed E-state index contributed by atoms with van der Waals surface area (Å²) in [6, 6.07) is 16.5. The second-order valence-electron chi connectivity index (χ2n) is 7.01. The van der Waals surface area contributed by atoms with Gasteiger partial charge in [0, 0.05) is 29.1 Å². The van der Waals surface area contributed by atoms with Crippen molar-refractivity contribution in [2.24, 2.45) is 0 Å². The summed E-state index contributed by atoms with van der Waals surface area (Å²) in [6.07, 6.45) is 4.44. The van der Waals surface area contributed by atoms with Crippen molar-refractivity contribution in [3.05, 3.63) is 83.0 Å². The number of amides is 1. The molecule has 0 aliphatic heterocycles. The van der Waals surface area contributed by atoms with Gasteiger partial charge in [-0.1, -0.05) is 24.3 Å². The van der Waals surface area contributed by atoms with Gasteiger partial charge < -0.3 is 4.90 Å². The van der Waals surface area contributed by atoms with E-state index in [9.17, 15) is 17.6 Å². The second kappa shape index (κ2) is 8.93. The maximum Gasteiger partial charge on any atom is 0.246 e. The fourth-order valence-corrected chi connectivity index (χ4v) is 4.44. The highest BCUT2D eigenvalue weighted by Crippen LogP contribution is 2.29. The summed E-state index contributed by atoms with van der Waals surface area (Å²) in [5, 5.41) is 0. The van der Waals surface area contributed by atoms with Crippen LogP contribution in [-0.4, -0.2) is 32.5 Å². The van der Waals surface area contributed by atoms with Crippen molar-refractivity contribution in [1.29, 1.82) is 0 Å². The van der Waals surface area contributed by atoms with Gasteiger partial charge in [-0.2, -0.15) is 0 Å². The fraction of sp³-hybridized carbons (Fsp3) is 0.174. The van der Waals surface area contributed by atoms with Crippen molar-refractivity contribution >= 4 is 33.2 Å². The quantitative estimate of drug-likeness (QED) is 0.493. The average Bonchev–Trinajstić information content (AvgIpc) is 3.20. The molecule has 0 fully saturated rings. The van der Waals surface area contributed by atoms with Gasteiger partial charge in [0.2, 0.25) is 5.91 Å². The monoisotopic (exact) mass is 443 g/mol. The molecule has 3 rings (SSSR count). The molecule has 1 heterocycles. The first-order valence-electron chi connectivity index (χ1n) is 9.26. The average molecular weight is 444 g/mol. The first-order valence-corrected chi connectivity index (χ1v) is 12.0. The van der Waals surface area contributed by atoms with E-state index in [1.807, 2.05) is 19.1 Å². The SMILES string of the molecule is CC(c1ccc(S(C)(=O)=O)cc1)N(C)C(=O)/C=C/c1ccc(-c2ccc(F)cc2)s1. The Morgan fingerprint density at radius 3 is 2.27 bits per heavy atom. The molecule has 1 aromatic heterocycles. The molecule has 0 bridgehead atoms. The van der Waals surface area contributed by atoms with Crippen LogP contribution in [-0.2, 0) is 14.6 Å². The van der Waals surface area contributed by atoms with Gasteiger partial charge in [-0.15, -0.1) is 11.3 Å². The first kappa shape index (κ1) is 21.9. The van der Waals surface area contributed by atoms with E-state index in [0.29, 0.717) is 0 Å². The fourth-order valence-electron chi connectivity index (χ4n) is 2.89. The van der Waals surface area contributed by atoms with E-state index < -0.39 is 9.84 Å². The molecule has 0 saturated heterocycles. The van der Waals surface area contributed by atoms with Crippen molar-refractivity contribution in [1.82, 2.24) is 4.90 Å². The molecule has 7 heteroatoms. The molecular formula is C23H22FNO3S2. The first-order chi connectivity index (χ1) is 14.1. The summed E-state index contributed by atoms with van der Waals surface area (Å²) < 4.78 is 36.3. The maximum atomic E-state index is 13.1. The molecule has 30 heavy (non-hydrogen) atoms. The highest BCUT2D eigenvalue weighted by atomic mass is 32.2. The van der Waals surface area contributed by atoms with Crippen LogP contribution in [0.3, 0.4) is 0 Å². The number of thiophene rings is 1. The van der Waals surface area contributed by atoms with Gasteiger partial charge in [0.25, 0.3) is 0 Å². The number of halogens is 1. The van der Waals surface area contributed by atoms with E-state index in [1.54, 1.807) is 54.4 Å². The highest BCUT2D eigenvalue weighted by molar-refractivity contribution is 7.90. The molecule has 0 aliphatic rings. The standard InChI is InChI=1S/C23H22FNO3S2/c1-16(17-6-12-21(13-7-17)30(3,27)28)25(2)23(26)15-11-20-10-14-22(29-20)18-4-8-19(24)9-5-18/h4-16H,1-3H3/b15-11+. The second-order valence-corrected chi connectivity index (χ2v) is 10.1. The number of nitrogens with zero attached hydrogens (tertiary/aromatic N) is 1. The summed E-state index contributed by atoms with van der Waals surface area (Å²) >= 11 is 1.52. The zero-order valence-corrected chi connectivity index (χ0v) is 18.5. The maximum absolute atomic E-state index is 13.1. The van der Waals surface area contributed by atoms with Crippen LogP contribution in [0.5, 0.6) is 0 Å². The molecule has 0 N–H and O–H groups in total. The van der Waals surface area contributed by atoms with Crippen LogP contribution in [0.15, 0.2) is 71.6 Å². The molecule has 1 amide bonds. The zero-order chi connectivity index (χ0) is 21.9. The largest absolute Gasteiger partial charge is 0.335 e. The third kappa shape index (κ3) is 5.23. The Kier molecular flexibility index (Phi) is 6.53. The molecular weight excluding hydrogens is 421 g/mol. The minimum absolute atomic E-state index is 0.161. The zero-order valence-electron chi connectivity index (χ0n) is 16.9. The lowest BCUT2D eigenvalue weighted by molar-refractivity contribution is -0.126. The lowest BCUT2D eigenvalue weighted by Crippen LogP contribution is -2.27.